The smallest absolute Gasteiger partial charge is 0.0409 e. The molecule has 1 rings (SSSR count). The van der Waals surface area contributed by atoms with Crippen molar-refractivity contribution in [2.24, 2.45) is 0 Å². The number of benzene rings is 1. The van der Waals surface area contributed by atoms with Gasteiger partial charge in [-0.05, 0) is 55.0 Å². The Bertz CT molecular complexity index is 402. The Hall–Kier alpha value is -0.750. The summed E-state index contributed by atoms with van der Waals surface area (Å²) >= 11 is 6.02. The first-order valence-corrected chi connectivity index (χ1v) is 6.99. The van der Waals surface area contributed by atoms with E-state index in [9.17, 15) is 0 Å². The summed E-state index contributed by atoms with van der Waals surface area (Å²) in [5, 5.41) is 0.829. The predicted molar refractivity (Wildman–Crippen MR) is 78.6 cm³/mol. The van der Waals surface area contributed by atoms with Gasteiger partial charge in [-0.2, -0.15) is 0 Å². The van der Waals surface area contributed by atoms with E-state index < -0.39 is 0 Å². The zero-order chi connectivity index (χ0) is 12.8. The molecule has 1 aromatic carbocycles. The topological polar surface area (TPSA) is 0 Å². The second-order valence-electron chi connectivity index (χ2n) is 4.50. The number of hydrogen-bond donors (Lipinski definition) is 0. The van der Waals surface area contributed by atoms with E-state index >= 15 is 0 Å². The van der Waals surface area contributed by atoms with Crippen LogP contribution >= 0.6 is 11.6 Å². The van der Waals surface area contributed by atoms with Crippen LogP contribution in [-0.2, 0) is 0 Å². The minimum absolute atomic E-state index is 0.829. The van der Waals surface area contributed by atoms with E-state index in [0.717, 1.165) is 17.9 Å². The Labute approximate surface area is 111 Å². The molecule has 1 aromatic rings. The molecule has 0 aliphatic carbocycles. The molecule has 0 atom stereocenters. The van der Waals surface area contributed by atoms with Crippen molar-refractivity contribution < 1.29 is 0 Å². The normalized spacial score (nSPS) is 12.5. The van der Waals surface area contributed by atoms with Gasteiger partial charge < -0.3 is 0 Å². The minimum Gasteiger partial charge on any atom is -0.0843 e. The van der Waals surface area contributed by atoms with Gasteiger partial charge in [0.2, 0.25) is 0 Å². The second-order valence-corrected chi connectivity index (χ2v) is 4.93. The number of hydrogen-bond acceptors (Lipinski definition) is 0. The molecule has 0 aliphatic rings. The van der Waals surface area contributed by atoms with Crippen molar-refractivity contribution in [1.82, 2.24) is 0 Å². The van der Waals surface area contributed by atoms with E-state index in [2.05, 4.69) is 39.8 Å². The van der Waals surface area contributed by atoms with E-state index in [0.29, 0.717) is 0 Å². The lowest BCUT2D eigenvalue weighted by Gasteiger charge is -2.15. The van der Waals surface area contributed by atoms with Gasteiger partial charge in [0.1, 0.15) is 0 Å². The molecule has 0 aromatic heterocycles. The van der Waals surface area contributed by atoms with Gasteiger partial charge in [0.05, 0.1) is 0 Å². The molecular weight excluding hydrogens is 228 g/mol. The maximum atomic E-state index is 6.02. The lowest BCUT2D eigenvalue weighted by atomic mass is 9.91. The lowest BCUT2D eigenvalue weighted by Crippen LogP contribution is -1.94. The van der Waals surface area contributed by atoms with Crippen LogP contribution in [-0.4, -0.2) is 0 Å². The minimum atomic E-state index is 0.829. The van der Waals surface area contributed by atoms with E-state index in [4.69, 9.17) is 11.6 Å². The van der Waals surface area contributed by atoms with Gasteiger partial charge in [-0.15, -0.1) is 0 Å². The average Bonchev–Trinajstić information content (AvgIpc) is 2.31. The Kier molecular flexibility index (Phi) is 5.77. The molecule has 0 radical (unpaired) electrons. The Morgan fingerprint density at radius 3 is 2.29 bits per heavy atom. The van der Waals surface area contributed by atoms with Crippen molar-refractivity contribution in [3.05, 3.63) is 39.9 Å². The van der Waals surface area contributed by atoms with Crippen molar-refractivity contribution >= 4 is 17.2 Å². The molecule has 17 heavy (non-hydrogen) atoms. The van der Waals surface area contributed by atoms with Crippen molar-refractivity contribution in [1.29, 1.82) is 0 Å². The third kappa shape index (κ3) is 3.61. The fourth-order valence-electron chi connectivity index (χ4n) is 2.44. The maximum absolute atomic E-state index is 6.02. The van der Waals surface area contributed by atoms with Crippen LogP contribution in [0.3, 0.4) is 0 Å². The molecule has 0 saturated carbocycles. The molecule has 0 unspecified atom stereocenters. The largest absolute Gasteiger partial charge is 0.0843 e. The van der Waals surface area contributed by atoms with Gasteiger partial charge in [0, 0.05) is 5.02 Å². The third-order valence-electron chi connectivity index (χ3n) is 3.27. The van der Waals surface area contributed by atoms with Gasteiger partial charge in [0.25, 0.3) is 0 Å². The summed E-state index contributed by atoms with van der Waals surface area (Å²) < 4.78 is 0. The van der Waals surface area contributed by atoms with Gasteiger partial charge in [-0.1, -0.05) is 50.4 Å². The summed E-state index contributed by atoms with van der Waals surface area (Å²) in [6, 6.07) is 6.23. The highest BCUT2D eigenvalue weighted by atomic mass is 35.5. The maximum Gasteiger partial charge on any atom is 0.0409 e. The molecule has 0 fully saturated rings. The van der Waals surface area contributed by atoms with Crippen LogP contribution in [0.1, 0.15) is 57.6 Å². The molecule has 0 heterocycles. The summed E-state index contributed by atoms with van der Waals surface area (Å²) in [4.78, 5) is 0. The Balaban J connectivity index is 3.24. The van der Waals surface area contributed by atoms with Gasteiger partial charge in [-0.3, -0.25) is 0 Å². The number of aryl methyl sites for hydroxylation is 1. The molecule has 0 bridgehead atoms. The van der Waals surface area contributed by atoms with E-state index in [1.165, 1.54) is 29.5 Å². The number of rotatable bonds is 5. The van der Waals surface area contributed by atoms with Gasteiger partial charge >= 0.3 is 0 Å². The fourth-order valence-corrected chi connectivity index (χ4v) is 2.67. The highest BCUT2D eigenvalue weighted by Crippen LogP contribution is 2.30. The van der Waals surface area contributed by atoms with Crippen LogP contribution in [0.5, 0.6) is 0 Å². The first kappa shape index (κ1) is 14.3. The van der Waals surface area contributed by atoms with Crippen molar-refractivity contribution in [3.63, 3.8) is 0 Å². The molecular formula is C16H23Cl. The monoisotopic (exact) mass is 250 g/mol. The average molecular weight is 251 g/mol. The number of halogens is 1. The van der Waals surface area contributed by atoms with Crippen molar-refractivity contribution in [3.8, 4) is 0 Å². The molecule has 1 heteroatoms. The van der Waals surface area contributed by atoms with Gasteiger partial charge in [0.15, 0.2) is 0 Å². The molecule has 0 nitrogen and oxygen atoms in total. The van der Waals surface area contributed by atoms with Gasteiger partial charge in [-0.25, -0.2) is 0 Å². The second kappa shape index (κ2) is 6.86. The summed E-state index contributed by atoms with van der Waals surface area (Å²) in [5.41, 5.74) is 5.78. The van der Waals surface area contributed by atoms with Crippen LogP contribution in [0, 0.1) is 6.92 Å². The summed E-state index contributed by atoms with van der Waals surface area (Å²) in [7, 11) is 0. The van der Waals surface area contributed by atoms with E-state index in [-0.39, 0.29) is 0 Å². The molecule has 94 valence electrons. The van der Waals surface area contributed by atoms with Crippen molar-refractivity contribution in [2.75, 3.05) is 0 Å². The third-order valence-corrected chi connectivity index (χ3v) is 3.51. The van der Waals surface area contributed by atoms with Crippen LogP contribution in [0.4, 0.5) is 0 Å². The molecule has 0 aliphatic heterocycles. The summed E-state index contributed by atoms with van der Waals surface area (Å²) in [6.45, 7) is 8.90. The zero-order valence-electron chi connectivity index (χ0n) is 11.4. The first-order chi connectivity index (χ1) is 8.13. The molecule has 0 amide bonds. The van der Waals surface area contributed by atoms with E-state index in [1.807, 2.05) is 6.07 Å². The van der Waals surface area contributed by atoms with Crippen molar-refractivity contribution in [2.45, 2.75) is 53.4 Å². The summed E-state index contributed by atoms with van der Waals surface area (Å²) in [5.74, 6) is 0. The predicted octanol–water partition coefficient (Wildman–Crippen LogP) is 6.02. The Morgan fingerprint density at radius 2 is 1.82 bits per heavy atom. The Morgan fingerprint density at radius 1 is 1.12 bits per heavy atom. The number of allylic oxidation sites excluding steroid dienone is 2. The van der Waals surface area contributed by atoms with Crippen LogP contribution < -0.4 is 0 Å². The molecule has 0 spiro atoms. The highest BCUT2D eigenvalue weighted by molar-refractivity contribution is 6.30. The molecule has 0 N–H and O–H groups in total. The zero-order valence-corrected chi connectivity index (χ0v) is 12.2. The van der Waals surface area contributed by atoms with Crippen LogP contribution in [0.15, 0.2) is 23.8 Å². The van der Waals surface area contributed by atoms with Crippen LogP contribution in [0.2, 0.25) is 5.02 Å². The lowest BCUT2D eigenvalue weighted by molar-refractivity contribution is 0.855. The standard InChI is InChI=1S/C16H23Cl/c1-5-8-13(6-2)15(7-3)16-10-9-14(17)11-12(16)4/h9-11H,5-8H2,1-4H3/b15-13+. The highest BCUT2D eigenvalue weighted by Gasteiger charge is 2.08. The van der Waals surface area contributed by atoms with E-state index in [1.54, 1.807) is 5.57 Å². The molecule has 0 saturated heterocycles. The summed E-state index contributed by atoms with van der Waals surface area (Å²) in [6.07, 6.45) is 4.69. The first-order valence-electron chi connectivity index (χ1n) is 6.61. The quantitative estimate of drug-likeness (QED) is 0.599. The fraction of sp³-hybridized carbons (Fsp3) is 0.500. The van der Waals surface area contributed by atoms with Crippen LogP contribution in [0.25, 0.3) is 5.57 Å². The SMILES string of the molecule is CCC/C(CC)=C(\CC)c1ccc(Cl)cc1C.